The average Bonchev–Trinajstić information content (AvgIpc) is 2.42. The standard InChI is InChI=1S/C14H20N2O3/c1-3-10(2)9-15-14(19)16-12(13(17)18)11-7-5-4-6-8-11/h4-8,10,12H,3,9H2,1-2H3,(H,17,18)(H2,15,16,19)/t10?,12-/m1/s1. The van der Waals surface area contributed by atoms with Gasteiger partial charge in [-0.05, 0) is 11.5 Å². The third-order valence-electron chi connectivity index (χ3n) is 2.96. The maximum atomic E-state index is 11.7. The Balaban J connectivity index is 2.60. The third-order valence-corrected chi connectivity index (χ3v) is 2.96. The summed E-state index contributed by atoms with van der Waals surface area (Å²) in [6.45, 7) is 4.59. The number of carboxylic acids is 1. The molecule has 5 nitrogen and oxygen atoms in total. The maximum Gasteiger partial charge on any atom is 0.330 e. The number of carbonyl (C=O) groups is 2. The maximum absolute atomic E-state index is 11.7. The fourth-order valence-electron chi connectivity index (χ4n) is 1.53. The molecule has 1 rings (SSSR count). The summed E-state index contributed by atoms with van der Waals surface area (Å²) in [5.41, 5.74) is 0.550. The summed E-state index contributed by atoms with van der Waals surface area (Å²) in [5, 5.41) is 14.3. The number of nitrogens with one attached hydrogen (secondary N) is 2. The van der Waals surface area contributed by atoms with Crippen molar-refractivity contribution in [1.29, 1.82) is 0 Å². The van der Waals surface area contributed by atoms with Crippen molar-refractivity contribution in [2.45, 2.75) is 26.3 Å². The number of hydrogen-bond acceptors (Lipinski definition) is 2. The minimum absolute atomic E-state index is 0.366. The first kappa shape index (κ1) is 15.0. The second-order valence-electron chi connectivity index (χ2n) is 4.55. The van der Waals surface area contributed by atoms with E-state index >= 15 is 0 Å². The second kappa shape index (κ2) is 7.41. The number of rotatable bonds is 6. The molecule has 2 amide bonds. The number of carbonyl (C=O) groups excluding carboxylic acids is 1. The van der Waals surface area contributed by atoms with Crippen molar-refractivity contribution in [1.82, 2.24) is 10.6 Å². The zero-order valence-electron chi connectivity index (χ0n) is 11.2. The van der Waals surface area contributed by atoms with Crippen LogP contribution < -0.4 is 10.6 Å². The van der Waals surface area contributed by atoms with E-state index in [-0.39, 0.29) is 0 Å². The lowest BCUT2D eigenvalue weighted by Crippen LogP contribution is -2.42. The molecule has 104 valence electrons. The highest BCUT2D eigenvalue weighted by Gasteiger charge is 2.21. The molecule has 3 N–H and O–H groups in total. The number of urea groups is 1. The minimum atomic E-state index is -1.08. The second-order valence-corrected chi connectivity index (χ2v) is 4.55. The van der Waals surface area contributed by atoms with Crippen LogP contribution in [0.2, 0.25) is 0 Å². The van der Waals surface area contributed by atoms with Crippen LogP contribution in [0.4, 0.5) is 4.79 Å². The van der Waals surface area contributed by atoms with Gasteiger partial charge >= 0.3 is 12.0 Å². The van der Waals surface area contributed by atoms with Gasteiger partial charge in [-0.1, -0.05) is 50.6 Å². The Hall–Kier alpha value is -2.04. The van der Waals surface area contributed by atoms with Gasteiger partial charge in [0.05, 0.1) is 0 Å². The van der Waals surface area contributed by atoms with E-state index in [0.29, 0.717) is 18.0 Å². The monoisotopic (exact) mass is 264 g/mol. The Kier molecular flexibility index (Phi) is 5.85. The molecule has 0 saturated carbocycles. The average molecular weight is 264 g/mol. The summed E-state index contributed by atoms with van der Waals surface area (Å²) >= 11 is 0. The zero-order chi connectivity index (χ0) is 14.3. The zero-order valence-corrected chi connectivity index (χ0v) is 11.2. The molecule has 0 heterocycles. The van der Waals surface area contributed by atoms with Crippen molar-refractivity contribution in [3.8, 4) is 0 Å². The van der Waals surface area contributed by atoms with E-state index in [0.717, 1.165) is 6.42 Å². The molecule has 0 bridgehead atoms. The van der Waals surface area contributed by atoms with Crippen molar-refractivity contribution in [3.05, 3.63) is 35.9 Å². The topological polar surface area (TPSA) is 78.4 Å². The molecule has 0 aliphatic heterocycles. The first-order chi connectivity index (χ1) is 9.04. The number of amides is 2. The van der Waals surface area contributed by atoms with Crippen LogP contribution in [0.25, 0.3) is 0 Å². The largest absolute Gasteiger partial charge is 0.479 e. The van der Waals surface area contributed by atoms with Gasteiger partial charge in [-0.15, -0.1) is 0 Å². The summed E-state index contributed by atoms with van der Waals surface area (Å²) in [6, 6.07) is 7.13. The van der Waals surface area contributed by atoms with Gasteiger partial charge in [-0.3, -0.25) is 0 Å². The van der Waals surface area contributed by atoms with Crippen LogP contribution in [0.15, 0.2) is 30.3 Å². The summed E-state index contributed by atoms with van der Waals surface area (Å²) in [7, 11) is 0. The van der Waals surface area contributed by atoms with E-state index in [4.69, 9.17) is 5.11 Å². The first-order valence-electron chi connectivity index (χ1n) is 6.36. The van der Waals surface area contributed by atoms with Gasteiger partial charge in [-0.25, -0.2) is 9.59 Å². The van der Waals surface area contributed by atoms with Crippen molar-refractivity contribution in [3.63, 3.8) is 0 Å². The van der Waals surface area contributed by atoms with E-state index in [1.54, 1.807) is 30.3 Å². The molecule has 0 aromatic heterocycles. The van der Waals surface area contributed by atoms with Gasteiger partial charge in [0.25, 0.3) is 0 Å². The summed E-state index contributed by atoms with van der Waals surface area (Å²) in [4.78, 5) is 22.9. The van der Waals surface area contributed by atoms with Crippen molar-refractivity contribution < 1.29 is 14.7 Å². The Morgan fingerprint density at radius 3 is 2.42 bits per heavy atom. The third kappa shape index (κ3) is 4.99. The molecular weight excluding hydrogens is 244 g/mol. The van der Waals surface area contributed by atoms with Gasteiger partial charge < -0.3 is 15.7 Å². The molecule has 0 spiro atoms. The van der Waals surface area contributed by atoms with E-state index < -0.39 is 18.0 Å². The number of benzene rings is 1. The van der Waals surface area contributed by atoms with Gasteiger partial charge in [0.2, 0.25) is 0 Å². The Morgan fingerprint density at radius 1 is 1.26 bits per heavy atom. The number of aliphatic carboxylic acids is 1. The molecule has 0 fully saturated rings. The predicted molar refractivity (Wildman–Crippen MR) is 72.8 cm³/mol. The Labute approximate surface area is 113 Å². The van der Waals surface area contributed by atoms with Gasteiger partial charge in [-0.2, -0.15) is 0 Å². The van der Waals surface area contributed by atoms with Crippen LogP contribution in [0, 0.1) is 5.92 Å². The highest BCUT2D eigenvalue weighted by Crippen LogP contribution is 2.12. The van der Waals surface area contributed by atoms with Gasteiger partial charge in [0, 0.05) is 6.54 Å². The highest BCUT2D eigenvalue weighted by molar-refractivity contribution is 5.83. The molecule has 2 atom stereocenters. The molecule has 0 aliphatic carbocycles. The minimum Gasteiger partial charge on any atom is -0.479 e. The predicted octanol–water partition coefficient (Wildman–Crippen LogP) is 2.16. The lowest BCUT2D eigenvalue weighted by atomic mass is 10.1. The lowest BCUT2D eigenvalue weighted by Gasteiger charge is -2.16. The van der Waals surface area contributed by atoms with Crippen LogP contribution >= 0.6 is 0 Å². The summed E-state index contributed by atoms with van der Waals surface area (Å²) in [6.07, 6.45) is 0.960. The normalized spacial score (nSPS) is 13.4. The van der Waals surface area contributed by atoms with Gasteiger partial charge in [0.1, 0.15) is 0 Å². The molecule has 5 heteroatoms. The van der Waals surface area contributed by atoms with E-state index in [1.807, 2.05) is 13.8 Å². The molecular formula is C14H20N2O3. The molecule has 0 aliphatic rings. The lowest BCUT2D eigenvalue weighted by molar-refractivity contribution is -0.139. The Morgan fingerprint density at radius 2 is 1.89 bits per heavy atom. The van der Waals surface area contributed by atoms with Crippen LogP contribution in [0.3, 0.4) is 0 Å². The van der Waals surface area contributed by atoms with Crippen LogP contribution in [0.1, 0.15) is 31.9 Å². The smallest absolute Gasteiger partial charge is 0.330 e. The molecule has 19 heavy (non-hydrogen) atoms. The molecule has 1 aromatic rings. The fraction of sp³-hybridized carbons (Fsp3) is 0.429. The van der Waals surface area contributed by atoms with Crippen LogP contribution in [-0.2, 0) is 4.79 Å². The van der Waals surface area contributed by atoms with Crippen LogP contribution in [-0.4, -0.2) is 23.7 Å². The Bertz CT molecular complexity index is 420. The van der Waals surface area contributed by atoms with Crippen molar-refractivity contribution in [2.75, 3.05) is 6.54 Å². The highest BCUT2D eigenvalue weighted by atomic mass is 16.4. The van der Waals surface area contributed by atoms with E-state index in [9.17, 15) is 9.59 Å². The first-order valence-corrected chi connectivity index (χ1v) is 6.36. The molecule has 0 radical (unpaired) electrons. The van der Waals surface area contributed by atoms with Crippen molar-refractivity contribution >= 4 is 12.0 Å². The summed E-state index contributed by atoms with van der Waals surface area (Å²) in [5.74, 6) is -0.712. The molecule has 1 unspecified atom stereocenters. The van der Waals surface area contributed by atoms with Gasteiger partial charge in [0.15, 0.2) is 6.04 Å². The van der Waals surface area contributed by atoms with Crippen molar-refractivity contribution in [2.24, 2.45) is 5.92 Å². The molecule has 0 saturated heterocycles. The summed E-state index contributed by atoms with van der Waals surface area (Å²) < 4.78 is 0. The van der Waals surface area contributed by atoms with Crippen LogP contribution in [0.5, 0.6) is 0 Å². The number of hydrogen-bond donors (Lipinski definition) is 3. The quantitative estimate of drug-likeness (QED) is 0.736. The number of carboxylic acid groups (broad SMARTS) is 1. The fourth-order valence-corrected chi connectivity index (χ4v) is 1.53. The molecule has 1 aromatic carbocycles. The van der Waals surface area contributed by atoms with E-state index in [2.05, 4.69) is 10.6 Å². The van der Waals surface area contributed by atoms with E-state index in [1.165, 1.54) is 0 Å². The SMILES string of the molecule is CCC(C)CNC(=O)N[C@@H](C(=O)O)c1ccccc1.